The van der Waals surface area contributed by atoms with Gasteiger partial charge in [0.05, 0.1) is 42.0 Å². The zero-order valence-electron chi connectivity index (χ0n) is 33.8. The molecule has 3 aliphatic heterocycles. The van der Waals surface area contributed by atoms with E-state index in [9.17, 15) is 30.3 Å². The summed E-state index contributed by atoms with van der Waals surface area (Å²) in [5.74, 6) is -2.46. The molecule has 3 saturated heterocycles. The summed E-state index contributed by atoms with van der Waals surface area (Å²) < 4.78 is 31.8. The molecule has 3 fully saturated rings. The van der Waals surface area contributed by atoms with E-state index in [4.69, 9.17) is 23.7 Å². The van der Waals surface area contributed by atoms with Crippen molar-refractivity contribution < 1.29 is 54.0 Å². The minimum atomic E-state index is -1.78. The summed E-state index contributed by atoms with van der Waals surface area (Å²) in [4.78, 5) is 18.0. The first kappa shape index (κ1) is 44.4. The lowest BCUT2D eigenvalue weighted by Crippen LogP contribution is -2.60. The normalized spacial score (nSPS) is 48.5. The Hall–Kier alpha value is -0.970. The third kappa shape index (κ3) is 10.2. The molecule has 0 aliphatic carbocycles. The molecular formula is C38H72N2O11. The van der Waals surface area contributed by atoms with E-state index in [0.717, 1.165) is 0 Å². The quantitative estimate of drug-likeness (QED) is 0.253. The number of aliphatic hydroxyl groups excluding tert-OH is 3. The molecule has 5 N–H and O–H groups in total. The maximum atomic E-state index is 14.2. The zero-order chi connectivity index (χ0) is 39.0. The Balaban J connectivity index is 2.16. The predicted molar refractivity (Wildman–Crippen MR) is 193 cm³/mol. The van der Waals surface area contributed by atoms with Gasteiger partial charge in [-0.05, 0) is 93.3 Å². The van der Waals surface area contributed by atoms with Crippen molar-refractivity contribution in [2.75, 3.05) is 27.7 Å². The van der Waals surface area contributed by atoms with Gasteiger partial charge in [-0.25, -0.2) is 0 Å². The highest BCUT2D eigenvalue weighted by molar-refractivity contribution is 5.73. The number of aliphatic hydroxyl groups is 5. The molecule has 0 bridgehead atoms. The smallest absolute Gasteiger partial charge is 0.311 e. The molecule has 3 aliphatic rings. The number of carbonyl (C=O) groups is 1. The van der Waals surface area contributed by atoms with Crippen molar-refractivity contribution in [2.45, 2.75) is 187 Å². The second-order valence-corrected chi connectivity index (χ2v) is 17.6. The van der Waals surface area contributed by atoms with Crippen LogP contribution in [0.4, 0.5) is 0 Å². The summed E-state index contributed by atoms with van der Waals surface area (Å²) in [5.41, 5.74) is -3.87. The van der Waals surface area contributed by atoms with E-state index in [1.807, 2.05) is 72.5 Å². The molecule has 300 valence electrons. The summed E-state index contributed by atoms with van der Waals surface area (Å²) in [6.45, 7) is 20.3. The first-order valence-electron chi connectivity index (χ1n) is 19.0. The van der Waals surface area contributed by atoms with Gasteiger partial charge in [-0.2, -0.15) is 0 Å². The Bertz CT molecular complexity index is 1120. The van der Waals surface area contributed by atoms with Gasteiger partial charge >= 0.3 is 5.97 Å². The lowest BCUT2D eigenvalue weighted by atomic mass is 9.77. The van der Waals surface area contributed by atoms with Gasteiger partial charge < -0.3 is 59.0 Å². The zero-order valence-corrected chi connectivity index (χ0v) is 33.8. The molecule has 0 radical (unpaired) electrons. The Kier molecular flexibility index (Phi) is 15.0. The SMILES string of the molecule is CC[C@H]1OC(=O)[C@H](C)[C@@H](O[C@H]2CC(C)(C)[C@@H](O)[C@H](C)O2)[C@H](C)[C@@H](O[C@@H]2O[C@H](C)C[C@H](N(C)C)[C@H]2O)C(C)(O)C[C@@H](C)CN(C)[C@H](C)[C@@H](O)[C@]1(C)O. The highest BCUT2D eigenvalue weighted by Crippen LogP contribution is 2.41. The number of likely N-dealkylation sites (N-methyl/N-ethyl adjacent to an activating group) is 2. The molecule has 0 spiro atoms. The third-order valence-corrected chi connectivity index (χ3v) is 12.0. The maximum Gasteiger partial charge on any atom is 0.311 e. The molecule has 3 heterocycles. The van der Waals surface area contributed by atoms with Crippen LogP contribution in [-0.2, 0) is 28.5 Å². The lowest BCUT2D eigenvalue weighted by Gasteiger charge is -2.48. The van der Waals surface area contributed by atoms with Gasteiger partial charge in [-0.15, -0.1) is 0 Å². The van der Waals surface area contributed by atoms with E-state index in [1.54, 1.807) is 27.7 Å². The van der Waals surface area contributed by atoms with Crippen molar-refractivity contribution in [1.29, 1.82) is 0 Å². The van der Waals surface area contributed by atoms with Crippen LogP contribution in [0.2, 0.25) is 0 Å². The van der Waals surface area contributed by atoms with E-state index in [1.165, 1.54) is 6.92 Å². The number of hydrogen-bond donors (Lipinski definition) is 5. The van der Waals surface area contributed by atoms with Crippen molar-refractivity contribution >= 4 is 5.97 Å². The average Bonchev–Trinajstić information content (AvgIpc) is 3.02. The van der Waals surface area contributed by atoms with Crippen molar-refractivity contribution in [1.82, 2.24) is 9.80 Å². The topological polar surface area (TPSA) is 171 Å². The lowest BCUT2D eigenvalue weighted by molar-refractivity contribution is -0.312. The van der Waals surface area contributed by atoms with E-state index >= 15 is 0 Å². The van der Waals surface area contributed by atoms with Gasteiger partial charge in [-0.1, -0.05) is 34.6 Å². The van der Waals surface area contributed by atoms with E-state index in [2.05, 4.69) is 0 Å². The standard InChI is InChI=1S/C38H72N2O11/c1-15-27-38(11,46)31(42)24(6)40(14)19-20(2)17-37(10,45)33(51-35-29(41)26(39(12)13)16-21(3)47-35)22(4)30(23(5)34(44)49-27)50-28-18-36(8,9)32(43)25(7)48-28/h20-33,35,41-43,45-46H,15-19H2,1-14H3/t20-,21-,22+,23-,24-,25+,26+,27-,28+,29-,30+,31-,32+,33-,35+,37?,38-/m1/s1. The third-order valence-electron chi connectivity index (χ3n) is 12.0. The van der Waals surface area contributed by atoms with Crippen LogP contribution >= 0.6 is 0 Å². The first-order valence-corrected chi connectivity index (χ1v) is 19.0. The van der Waals surface area contributed by atoms with E-state index in [0.29, 0.717) is 19.4 Å². The minimum Gasteiger partial charge on any atom is -0.459 e. The van der Waals surface area contributed by atoms with Crippen molar-refractivity contribution in [3.8, 4) is 0 Å². The van der Waals surface area contributed by atoms with Crippen LogP contribution in [0, 0.1) is 23.2 Å². The van der Waals surface area contributed by atoms with Crippen LogP contribution < -0.4 is 0 Å². The van der Waals surface area contributed by atoms with Crippen LogP contribution in [0.25, 0.3) is 0 Å². The summed E-state index contributed by atoms with van der Waals surface area (Å²) in [5, 5.41) is 58.0. The maximum absolute atomic E-state index is 14.2. The minimum absolute atomic E-state index is 0.125. The molecule has 1 unspecified atom stereocenters. The summed E-state index contributed by atoms with van der Waals surface area (Å²) in [6, 6.07) is -0.781. The second-order valence-electron chi connectivity index (χ2n) is 17.6. The van der Waals surface area contributed by atoms with Gasteiger partial charge in [0.15, 0.2) is 12.6 Å². The fraction of sp³-hybridized carbons (Fsp3) is 0.974. The first-order chi connectivity index (χ1) is 23.3. The second kappa shape index (κ2) is 17.2. The molecule has 0 aromatic rings. The molecule has 51 heavy (non-hydrogen) atoms. The van der Waals surface area contributed by atoms with Crippen molar-refractivity contribution in [2.24, 2.45) is 23.2 Å². The van der Waals surface area contributed by atoms with E-state index < -0.39 is 95.8 Å². The van der Waals surface area contributed by atoms with Crippen LogP contribution in [0.1, 0.15) is 102 Å². The number of ether oxygens (including phenoxy) is 5. The van der Waals surface area contributed by atoms with Crippen LogP contribution in [0.3, 0.4) is 0 Å². The van der Waals surface area contributed by atoms with Gasteiger partial charge in [-0.3, -0.25) is 4.79 Å². The van der Waals surface area contributed by atoms with Gasteiger partial charge in [0, 0.05) is 31.0 Å². The Morgan fingerprint density at radius 3 is 2.08 bits per heavy atom. The largest absolute Gasteiger partial charge is 0.459 e. The summed E-state index contributed by atoms with van der Waals surface area (Å²) in [6.07, 6.45) is -7.32. The molecule has 0 aromatic carbocycles. The predicted octanol–water partition coefficient (Wildman–Crippen LogP) is 2.52. The van der Waals surface area contributed by atoms with Crippen LogP contribution in [0.15, 0.2) is 0 Å². The fourth-order valence-electron chi connectivity index (χ4n) is 8.77. The van der Waals surface area contributed by atoms with Crippen molar-refractivity contribution in [3.63, 3.8) is 0 Å². The Morgan fingerprint density at radius 2 is 1.53 bits per heavy atom. The van der Waals surface area contributed by atoms with Crippen LogP contribution in [-0.4, -0.2) is 154 Å². The fourth-order valence-corrected chi connectivity index (χ4v) is 8.77. The number of cyclic esters (lactones) is 1. The Morgan fingerprint density at radius 1 is 0.922 bits per heavy atom. The average molecular weight is 733 g/mol. The molecule has 13 nitrogen and oxygen atoms in total. The Labute approximate surface area is 306 Å². The van der Waals surface area contributed by atoms with Gasteiger partial charge in [0.2, 0.25) is 0 Å². The van der Waals surface area contributed by atoms with Crippen molar-refractivity contribution in [3.05, 3.63) is 0 Å². The monoisotopic (exact) mass is 733 g/mol. The number of nitrogens with zero attached hydrogens (tertiary/aromatic N) is 2. The molecule has 0 aromatic heterocycles. The molecule has 3 rings (SSSR count). The van der Waals surface area contributed by atoms with Gasteiger partial charge in [0.1, 0.15) is 23.9 Å². The number of esters is 1. The molecule has 17 atom stereocenters. The van der Waals surface area contributed by atoms with E-state index in [-0.39, 0.29) is 30.9 Å². The molecular weight excluding hydrogens is 660 g/mol. The molecule has 0 saturated carbocycles. The summed E-state index contributed by atoms with van der Waals surface area (Å²) >= 11 is 0. The number of carbonyl (C=O) groups excluding carboxylic acids is 1. The molecule has 13 heteroatoms. The van der Waals surface area contributed by atoms with Crippen LogP contribution in [0.5, 0.6) is 0 Å². The highest BCUT2D eigenvalue weighted by Gasteiger charge is 2.52. The molecule has 0 amide bonds. The summed E-state index contributed by atoms with van der Waals surface area (Å²) in [7, 11) is 5.63. The highest BCUT2D eigenvalue weighted by atomic mass is 16.7. The number of rotatable bonds is 6. The van der Waals surface area contributed by atoms with Gasteiger partial charge in [0.25, 0.3) is 0 Å². The number of hydrogen-bond acceptors (Lipinski definition) is 13.